The predicted molar refractivity (Wildman–Crippen MR) is 44.7 cm³/mol. The summed E-state index contributed by atoms with van der Waals surface area (Å²) in [5, 5.41) is 14.3. The topological polar surface area (TPSA) is 87.7 Å². The van der Waals surface area contributed by atoms with Gasteiger partial charge in [0.15, 0.2) is 0 Å². The quantitative estimate of drug-likeness (QED) is 0.402. The molecular formula is C8H10N2O4. The molecule has 0 aromatic heterocycles. The Labute approximate surface area is 79.9 Å². The van der Waals surface area contributed by atoms with Gasteiger partial charge >= 0.3 is 0 Å². The van der Waals surface area contributed by atoms with Crippen LogP contribution < -0.4 is 10.6 Å². The van der Waals surface area contributed by atoms with Crippen LogP contribution in [0.15, 0.2) is 12.2 Å². The Bertz CT molecular complexity index is 317. The highest BCUT2D eigenvalue weighted by molar-refractivity contribution is 6.00. The van der Waals surface area contributed by atoms with Gasteiger partial charge < -0.3 is 20.5 Å². The zero-order valence-corrected chi connectivity index (χ0v) is 7.37. The maximum Gasteiger partial charge on any atom is 0.280 e. The summed E-state index contributed by atoms with van der Waals surface area (Å²) in [7, 11) is 0. The number of carbonyl (C=O) groups is 2. The summed E-state index contributed by atoms with van der Waals surface area (Å²) < 4.78 is 5.05. The third-order valence-corrected chi connectivity index (χ3v) is 2.33. The summed E-state index contributed by atoms with van der Waals surface area (Å²) in [6.45, 7) is 3.79. The van der Waals surface area contributed by atoms with Crippen LogP contribution in [-0.4, -0.2) is 35.5 Å². The van der Waals surface area contributed by atoms with Gasteiger partial charge in [0.05, 0.1) is 6.61 Å². The van der Waals surface area contributed by atoms with Crippen LogP contribution in [0, 0.1) is 0 Å². The van der Waals surface area contributed by atoms with E-state index in [-0.39, 0.29) is 12.2 Å². The summed E-state index contributed by atoms with van der Waals surface area (Å²) in [4.78, 5) is 22.7. The number of nitrogens with one attached hydrogen (secondary N) is 2. The minimum absolute atomic E-state index is 0.224. The van der Waals surface area contributed by atoms with Crippen molar-refractivity contribution in [3.8, 4) is 0 Å². The molecule has 3 aliphatic rings. The highest BCUT2D eigenvalue weighted by atomic mass is 16.5. The molecule has 0 spiro atoms. The van der Waals surface area contributed by atoms with Gasteiger partial charge in [-0.05, 0) is 12.0 Å². The van der Waals surface area contributed by atoms with Gasteiger partial charge in [-0.25, -0.2) is 0 Å². The monoisotopic (exact) mass is 198 g/mol. The van der Waals surface area contributed by atoms with E-state index in [0.29, 0.717) is 6.42 Å². The molecule has 3 aliphatic heterocycles. The van der Waals surface area contributed by atoms with E-state index < -0.39 is 23.8 Å². The number of rotatable bonds is 0. The fourth-order valence-corrected chi connectivity index (χ4v) is 1.44. The molecule has 0 aromatic carbocycles. The smallest absolute Gasteiger partial charge is 0.280 e. The molecule has 3 N–H and O–H groups in total. The minimum Gasteiger partial charge on any atom is -0.360 e. The van der Waals surface area contributed by atoms with Crippen molar-refractivity contribution >= 4 is 11.8 Å². The van der Waals surface area contributed by atoms with E-state index in [1.54, 1.807) is 0 Å². The fourth-order valence-electron chi connectivity index (χ4n) is 1.44. The van der Waals surface area contributed by atoms with Gasteiger partial charge in [-0.3, -0.25) is 9.59 Å². The first-order valence-electron chi connectivity index (χ1n) is 4.19. The summed E-state index contributed by atoms with van der Waals surface area (Å²) in [5.41, 5.74) is -1.75. The van der Waals surface area contributed by atoms with Crippen molar-refractivity contribution in [2.24, 2.45) is 0 Å². The number of hydrogen-bond donors (Lipinski definition) is 3. The first kappa shape index (κ1) is 9.17. The standard InChI is InChI=1S/C8H10N2O4/c1-4-2-3-14-6-5(11)10-8(4,13)7(12)9-6/h6,13H,1-3H2,(H,9,12)(H,10,11)/t6-,8+/m1/s1. The minimum atomic E-state index is -1.97. The summed E-state index contributed by atoms with van der Waals surface area (Å²) in [6, 6.07) is 0. The van der Waals surface area contributed by atoms with E-state index >= 15 is 0 Å². The molecule has 3 saturated heterocycles. The Hall–Kier alpha value is -1.40. The second-order valence-corrected chi connectivity index (χ2v) is 3.28. The number of amides is 2. The largest absolute Gasteiger partial charge is 0.360 e. The Morgan fingerprint density at radius 1 is 1.57 bits per heavy atom. The summed E-state index contributed by atoms with van der Waals surface area (Å²) in [5.74, 6) is -1.26. The highest BCUT2D eigenvalue weighted by Crippen LogP contribution is 2.22. The van der Waals surface area contributed by atoms with Crippen molar-refractivity contribution in [1.29, 1.82) is 0 Å². The van der Waals surface area contributed by atoms with E-state index in [2.05, 4.69) is 17.2 Å². The SMILES string of the molecule is C=C1CCO[C@H]2NC(=O)[C@]1(O)NC2=O. The van der Waals surface area contributed by atoms with Crippen molar-refractivity contribution in [3.63, 3.8) is 0 Å². The molecule has 2 atom stereocenters. The van der Waals surface area contributed by atoms with Gasteiger partial charge in [-0.15, -0.1) is 0 Å². The molecule has 2 amide bonds. The van der Waals surface area contributed by atoms with Crippen LogP contribution in [0.3, 0.4) is 0 Å². The van der Waals surface area contributed by atoms with Crippen molar-refractivity contribution in [2.75, 3.05) is 6.61 Å². The van der Waals surface area contributed by atoms with Crippen molar-refractivity contribution in [1.82, 2.24) is 10.6 Å². The average molecular weight is 198 g/mol. The molecule has 0 radical (unpaired) electrons. The van der Waals surface area contributed by atoms with Crippen LogP contribution in [0.1, 0.15) is 6.42 Å². The fraction of sp³-hybridized carbons (Fsp3) is 0.500. The lowest BCUT2D eigenvalue weighted by atomic mass is 9.97. The van der Waals surface area contributed by atoms with Crippen molar-refractivity contribution < 1.29 is 19.4 Å². The lowest BCUT2D eigenvalue weighted by Gasteiger charge is -2.39. The maximum atomic E-state index is 11.4. The zero-order chi connectivity index (χ0) is 10.3. The first-order chi connectivity index (χ1) is 6.54. The number of piperazine rings is 1. The lowest BCUT2D eigenvalue weighted by Crippen LogP contribution is -2.71. The second-order valence-electron chi connectivity index (χ2n) is 3.28. The molecule has 3 rings (SSSR count). The number of aliphatic hydroxyl groups is 1. The molecular weight excluding hydrogens is 188 g/mol. The third kappa shape index (κ3) is 1.11. The van der Waals surface area contributed by atoms with E-state index in [4.69, 9.17) is 4.74 Å². The van der Waals surface area contributed by atoms with Gasteiger partial charge in [-0.2, -0.15) is 0 Å². The molecule has 0 unspecified atom stereocenters. The molecule has 6 nitrogen and oxygen atoms in total. The van der Waals surface area contributed by atoms with Gasteiger partial charge in [-0.1, -0.05) is 6.58 Å². The zero-order valence-electron chi connectivity index (χ0n) is 7.37. The molecule has 2 bridgehead atoms. The van der Waals surface area contributed by atoms with Crippen LogP contribution in [0.2, 0.25) is 0 Å². The van der Waals surface area contributed by atoms with Crippen LogP contribution >= 0.6 is 0 Å². The lowest BCUT2D eigenvalue weighted by molar-refractivity contribution is -0.168. The van der Waals surface area contributed by atoms with Gasteiger partial charge in [0.2, 0.25) is 12.0 Å². The van der Waals surface area contributed by atoms with Crippen LogP contribution in [0.4, 0.5) is 0 Å². The Morgan fingerprint density at radius 2 is 2.29 bits per heavy atom. The van der Waals surface area contributed by atoms with E-state index in [9.17, 15) is 14.7 Å². The third-order valence-electron chi connectivity index (χ3n) is 2.33. The molecule has 3 heterocycles. The van der Waals surface area contributed by atoms with Gasteiger partial charge in [0.25, 0.3) is 11.8 Å². The molecule has 0 aliphatic carbocycles. The van der Waals surface area contributed by atoms with E-state index in [0.717, 1.165) is 0 Å². The molecule has 0 aromatic rings. The van der Waals surface area contributed by atoms with Crippen LogP contribution in [0.5, 0.6) is 0 Å². The first-order valence-corrected chi connectivity index (χ1v) is 4.19. The van der Waals surface area contributed by atoms with Crippen LogP contribution in [-0.2, 0) is 14.3 Å². The number of fused-ring (bicyclic) bond motifs is 5. The number of hydrogen-bond acceptors (Lipinski definition) is 4. The highest BCUT2D eigenvalue weighted by Gasteiger charge is 2.48. The number of carbonyl (C=O) groups excluding carboxylic acids is 2. The molecule has 3 fully saturated rings. The van der Waals surface area contributed by atoms with Gasteiger partial charge in [0.1, 0.15) is 0 Å². The van der Waals surface area contributed by atoms with E-state index in [1.807, 2.05) is 0 Å². The maximum absolute atomic E-state index is 11.4. The predicted octanol–water partition coefficient (Wildman–Crippen LogP) is -1.78. The van der Waals surface area contributed by atoms with Crippen molar-refractivity contribution in [3.05, 3.63) is 12.2 Å². The number of ether oxygens (including phenoxy) is 1. The summed E-state index contributed by atoms with van der Waals surface area (Å²) >= 11 is 0. The van der Waals surface area contributed by atoms with Gasteiger partial charge in [0, 0.05) is 0 Å². The second kappa shape index (κ2) is 2.79. The van der Waals surface area contributed by atoms with E-state index in [1.165, 1.54) is 0 Å². The summed E-state index contributed by atoms with van der Waals surface area (Å²) in [6.07, 6.45) is -0.670. The van der Waals surface area contributed by atoms with Crippen molar-refractivity contribution in [2.45, 2.75) is 18.4 Å². The Kier molecular flexibility index (Phi) is 1.83. The molecule has 0 saturated carbocycles. The molecule has 6 heteroatoms. The molecule has 76 valence electrons. The average Bonchev–Trinajstić information content (AvgIpc) is 2.12. The molecule has 14 heavy (non-hydrogen) atoms. The Morgan fingerprint density at radius 3 is 3.00 bits per heavy atom. The van der Waals surface area contributed by atoms with Crippen LogP contribution in [0.25, 0.3) is 0 Å². The normalized spacial score (nSPS) is 37.2. The Balaban J connectivity index is 2.39.